The molecular weight excluding hydrogens is 276 g/mol. The number of thioether (sulfide) groups is 1. The first-order valence-corrected chi connectivity index (χ1v) is 7.25. The molecule has 0 spiro atoms. The summed E-state index contributed by atoms with van der Waals surface area (Å²) in [4.78, 5) is 16.2. The molecule has 1 heterocycles. The number of nitrogens with zero attached hydrogens (tertiary/aromatic N) is 2. The minimum absolute atomic E-state index is 0.264. The molecular formula is C14H16N2O3S. The predicted octanol–water partition coefficient (Wildman–Crippen LogP) is 2.45. The summed E-state index contributed by atoms with van der Waals surface area (Å²) in [5.41, 5.74) is 0.284. The van der Waals surface area contributed by atoms with E-state index in [-0.39, 0.29) is 11.4 Å². The molecule has 20 heavy (non-hydrogen) atoms. The number of aromatic hydroxyl groups is 1. The average Bonchev–Trinajstić information content (AvgIpc) is 2.44. The zero-order valence-electron chi connectivity index (χ0n) is 11.4. The average molecular weight is 292 g/mol. The second kappa shape index (κ2) is 6.47. The molecule has 0 bridgehead atoms. The molecule has 0 aliphatic rings. The Labute approximate surface area is 121 Å². The smallest absolute Gasteiger partial charge is 0.262 e. The van der Waals surface area contributed by atoms with Gasteiger partial charge in [0.1, 0.15) is 5.75 Å². The van der Waals surface area contributed by atoms with Crippen LogP contribution in [-0.4, -0.2) is 27.5 Å². The summed E-state index contributed by atoms with van der Waals surface area (Å²) in [5, 5.41) is 9.98. The first-order chi connectivity index (χ1) is 9.67. The topological polar surface area (TPSA) is 64.4 Å². The van der Waals surface area contributed by atoms with Gasteiger partial charge in [0.25, 0.3) is 5.56 Å². The summed E-state index contributed by atoms with van der Waals surface area (Å²) in [6.45, 7) is 2.04. The Hall–Kier alpha value is -1.95. The van der Waals surface area contributed by atoms with Crippen molar-refractivity contribution < 1.29 is 9.84 Å². The van der Waals surface area contributed by atoms with Gasteiger partial charge in [0.15, 0.2) is 5.16 Å². The largest absolute Gasteiger partial charge is 0.495 e. The Kier molecular flexibility index (Phi) is 4.68. The number of benzene rings is 1. The standard InChI is InChI=1S/C14H16N2O3S/c1-3-8-20-14-15-12(17)9-13(18)16(14)10-6-4-5-7-11(10)19-2/h4-7,9,17H,3,8H2,1-2H3. The molecule has 0 saturated heterocycles. The molecule has 0 atom stereocenters. The van der Waals surface area contributed by atoms with Crippen molar-refractivity contribution in [2.45, 2.75) is 18.5 Å². The van der Waals surface area contributed by atoms with Crippen molar-refractivity contribution in [2.24, 2.45) is 0 Å². The number of hydrogen-bond donors (Lipinski definition) is 1. The molecule has 0 aliphatic heterocycles. The minimum atomic E-state index is -0.333. The zero-order chi connectivity index (χ0) is 14.5. The van der Waals surface area contributed by atoms with Gasteiger partial charge in [0.05, 0.1) is 18.9 Å². The van der Waals surface area contributed by atoms with Crippen molar-refractivity contribution in [1.29, 1.82) is 0 Å². The van der Waals surface area contributed by atoms with E-state index < -0.39 is 0 Å². The molecule has 5 nitrogen and oxygen atoms in total. The normalized spacial score (nSPS) is 10.5. The van der Waals surface area contributed by atoms with Gasteiger partial charge in [-0.3, -0.25) is 9.36 Å². The van der Waals surface area contributed by atoms with E-state index in [2.05, 4.69) is 4.98 Å². The van der Waals surface area contributed by atoms with Crippen LogP contribution in [0.1, 0.15) is 13.3 Å². The molecule has 2 rings (SSSR count). The van der Waals surface area contributed by atoms with E-state index in [1.165, 1.54) is 16.3 Å². The molecule has 0 saturated carbocycles. The Bertz CT molecular complexity index is 655. The van der Waals surface area contributed by atoms with Gasteiger partial charge in [0, 0.05) is 5.75 Å². The third-order valence-electron chi connectivity index (χ3n) is 2.64. The lowest BCUT2D eigenvalue weighted by Gasteiger charge is -2.14. The Morgan fingerprint density at radius 1 is 1.40 bits per heavy atom. The van der Waals surface area contributed by atoms with Crippen LogP contribution < -0.4 is 10.3 Å². The maximum absolute atomic E-state index is 12.2. The van der Waals surface area contributed by atoms with E-state index in [1.807, 2.05) is 19.1 Å². The lowest BCUT2D eigenvalue weighted by molar-refractivity contribution is 0.409. The summed E-state index contributed by atoms with van der Waals surface area (Å²) in [6, 6.07) is 8.33. The highest BCUT2D eigenvalue weighted by molar-refractivity contribution is 7.99. The number of para-hydroxylation sites is 2. The lowest BCUT2D eigenvalue weighted by Crippen LogP contribution is -2.20. The van der Waals surface area contributed by atoms with Gasteiger partial charge in [-0.2, -0.15) is 4.98 Å². The molecule has 1 N–H and O–H groups in total. The molecule has 0 unspecified atom stereocenters. The maximum atomic E-state index is 12.2. The SMILES string of the molecule is CCCSc1nc(O)cc(=O)n1-c1ccccc1OC. The van der Waals surface area contributed by atoms with Gasteiger partial charge < -0.3 is 9.84 Å². The summed E-state index contributed by atoms with van der Waals surface area (Å²) in [7, 11) is 1.55. The Balaban J connectivity index is 2.62. The third-order valence-corrected chi connectivity index (χ3v) is 3.78. The second-order valence-electron chi connectivity index (χ2n) is 4.09. The fourth-order valence-corrected chi connectivity index (χ4v) is 2.64. The van der Waals surface area contributed by atoms with Gasteiger partial charge >= 0.3 is 0 Å². The van der Waals surface area contributed by atoms with Crippen molar-refractivity contribution in [2.75, 3.05) is 12.9 Å². The fraction of sp³-hybridized carbons (Fsp3) is 0.286. The summed E-state index contributed by atoms with van der Waals surface area (Å²) >= 11 is 1.43. The van der Waals surface area contributed by atoms with E-state index in [1.54, 1.807) is 19.2 Å². The fourth-order valence-electron chi connectivity index (χ4n) is 1.78. The highest BCUT2D eigenvalue weighted by Gasteiger charge is 2.14. The maximum Gasteiger partial charge on any atom is 0.262 e. The molecule has 6 heteroatoms. The van der Waals surface area contributed by atoms with E-state index in [0.29, 0.717) is 16.6 Å². The number of aromatic nitrogens is 2. The van der Waals surface area contributed by atoms with Crippen LogP contribution in [0.2, 0.25) is 0 Å². The van der Waals surface area contributed by atoms with Crippen molar-refractivity contribution in [3.63, 3.8) is 0 Å². The van der Waals surface area contributed by atoms with Crippen molar-refractivity contribution in [3.05, 3.63) is 40.7 Å². The number of rotatable bonds is 5. The van der Waals surface area contributed by atoms with Crippen LogP contribution in [0.25, 0.3) is 5.69 Å². The molecule has 0 amide bonds. The van der Waals surface area contributed by atoms with E-state index in [9.17, 15) is 9.90 Å². The van der Waals surface area contributed by atoms with Crippen molar-refractivity contribution in [1.82, 2.24) is 9.55 Å². The molecule has 2 aromatic rings. The van der Waals surface area contributed by atoms with Gasteiger partial charge in [-0.15, -0.1) is 0 Å². The van der Waals surface area contributed by atoms with Crippen LogP contribution in [0, 0.1) is 0 Å². The second-order valence-corrected chi connectivity index (χ2v) is 5.15. The van der Waals surface area contributed by atoms with Gasteiger partial charge in [-0.1, -0.05) is 30.8 Å². The molecule has 106 valence electrons. The quantitative estimate of drug-likeness (QED) is 0.677. The molecule has 0 radical (unpaired) electrons. The monoisotopic (exact) mass is 292 g/mol. The molecule has 0 fully saturated rings. The van der Waals surface area contributed by atoms with Gasteiger partial charge in [0.2, 0.25) is 5.88 Å². The highest BCUT2D eigenvalue weighted by Crippen LogP contribution is 2.26. The summed E-state index contributed by atoms with van der Waals surface area (Å²) < 4.78 is 6.74. The number of hydrogen-bond acceptors (Lipinski definition) is 5. The third kappa shape index (κ3) is 2.96. The Morgan fingerprint density at radius 2 is 2.15 bits per heavy atom. The first-order valence-electron chi connectivity index (χ1n) is 6.26. The Morgan fingerprint density at radius 3 is 2.85 bits per heavy atom. The lowest BCUT2D eigenvalue weighted by atomic mass is 10.3. The van der Waals surface area contributed by atoms with E-state index in [4.69, 9.17) is 4.74 Å². The van der Waals surface area contributed by atoms with Gasteiger partial charge in [-0.25, -0.2) is 0 Å². The van der Waals surface area contributed by atoms with Crippen molar-refractivity contribution in [3.8, 4) is 17.3 Å². The first kappa shape index (κ1) is 14.5. The van der Waals surface area contributed by atoms with Crippen LogP contribution >= 0.6 is 11.8 Å². The predicted molar refractivity (Wildman–Crippen MR) is 79.1 cm³/mol. The molecule has 0 aliphatic carbocycles. The van der Waals surface area contributed by atoms with Crippen LogP contribution in [0.4, 0.5) is 0 Å². The van der Waals surface area contributed by atoms with Gasteiger partial charge in [-0.05, 0) is 18.6 Å². The number of ether oxygens (including phenoxy) is 1. The molecule has 1 aromatic carbocycles. The molecule has 1 aromatic heterocycles. The van der Waals surface area contributed by atoms with E-state index >= 15 is 0 Å². The van der Waals surface area contributed by atoms with Crippen LogP contribution in [0.15, 0.2) is 40.3 Å². The van der Waals surface area contributed by atoms with Crippen molar-refractivity contribution >= 4 is 11.8 Å². The van der Waals surface area contributed by atoms with Crippen LogP contribution in [0.3, 0.4) is 0 Å². The summed E-state index contributed by atoms with van der Waals surface area (Å²) in [5.74, 6) is 1.13. The van der Waals surface area contributed by atoms with Crippen LogP contribution in [0.5, 0.6) is 11.6 Å². The minimum Gasteiger partial charge on any atom is -0.495 e. The summed E-state index contributed by atoms with van der Waals surface area (Å²) in [6.07, 6.45) is 0.947. The van der Waals surface area contributed by atoms with Crippen LogP contribution in [-0.2, 0) is 0 Å². The zero-order valence-corrected chi connectivity index (χ0v) is 12.2. The highest BCUT2D eigenvalue weighted by atomic mass is 32.2. The number of methoxy groups -OCH3 is 1. The van der Waals surface area contributed by atoms with E-state index in [0.717, 1.165) is 18.2 Å².